The summed E-state index contributed by atoms with van der Waals surface area (Å²) < 4.78 is 5.50. The van der Waals surface area contributed by atoms with Crippen LogP contribution in [0.2, 0.25) is 0 Å². The Kier molecular flexibility index (Phi) is 5.00. The predicted octanol–water partition coefficient (Wildman–Crippen LogP) is 1.45. The molecule has 0 radical (unpaired) electrons. The van der Waals surface area contributed by atoms with Gasteiger partial charge >= 0.3 is 0 Å². The number of fused-ring (bicyclic) bond motifs is 1. The van der Waals surface area contributed by atoms with Crippen molar-refractivity contribution in [3.8, 4) is 24.0 Å². The monoisotopic (exact) mass is 360 g/mol. The molecule has 1 heterocycles. The van der Waals surface area contributed by atoms with Gasteiger partial charge in [0.2, 0.25) is 0 Å². The summed E-state index contributed by atoms with van der Waals surface area (Å²) in [5.41, 5.74) is -0.0370. The van der Waals surface area contributed by atoms with Gasteiger partial charge in [-0.05, 0) is 36.3 Å². The van der Waals surface area contributed by atoms with Gasteiger partial charge in [-0.15, -0.1) is 0 Å². The van der Waals surface area contributed by atoms with Gasteiger partial charge in [-0.3, -0.25) is 0 Å². The van der Waals surface area contributed by atoms with Gasteiger partial charge in [-0.25, -0.2) is 0 Å². The van der Waals surface area contributed by atoms with E-state index in [9.17, 15) is 15.8 Å². The SMILES string of the molecule is CCOc1ccc([C@@H]2[C@@H]3C[NH+](C)CC=C3[C@H](C#N)C(=N)C2(C#N)C#N)cc1. The molecular formula is C21H22N5O+. The molecule has 3 rings (SSSR count). The van der Waals surface area contributed by atoms with Crippen molar-refractivity contribution < 1.29 is 9.64 Å². The first kappa shape index (κ1) is 18.6. The standard InChI is InChI=1S/C21H21N5O/c1-3-27-15-6-4-14(5-7-15)19-18-11-26(2)9-8-16(18)17(10-22)20(25)21(19,12-23)13-24/h4-8,17-19,25H,3,9,11H2,1-2H3/p+1/t17-,18+,19+/m0/s1. The minimum absolute atomic E-state index is 0.101. The number of nitriles is 3. The van der Waals surface area contributed by atoms with Crippen molar-refractivity contribution in [2.45, 2.75) is 12.8 Å². The van der Waals surface area contributed by atoms with E-state index in [1.807, 2.05) is 37.3 Å². The summed E-state index contributed by atoms with van der Waals surface area (Å²) in [7, 11) is 2.06. The van der Waals surface area contributed by atoms with Crippen LogP contribution in [0.4, 0.5) is 0 Å². The molecular weight excluding hydrogens is 338 g/mol. The third-order valence-electron chi connectivity index (χ3n) is 5.63. The number of quaternary nitrogens is 1. The fraction of sp³-hybridized carbons (Fsp3) is 0.429. The molecule has 0 saturated heterocycles. The van der Waals surface area contributed by atoms with Crippen molar-refractivity contribution in [3.63, 3.8) is 0 Å². The molecule has 1 aliphatic carbocycles. The van der Waals surface area contributed by atoms with Crippen molar-refractivity contribution in [2.24, 2.45) is 17.3 Å². The van der Waals surface area contributed by atoms with Crippen molar-refractivity contribution in [1.82, 2.24) is 0 Å². The summed E-state index contributed by atoms with van der Waals surface area (Å²) in [4.78, 5) is 1.26. The van der Waals surface area contributed by atoms with Crippen LogP contribution in [-0.2, 0) is 0 Å². The van der Waals surface area contributed by atoms with E-state index < -0.39 is 17.3 Å². The van der Waals surface area contributed by atoms with Crippen LogP contribution in [0.5, 0.6) is 5.75 Å². The van der Waals surface area contributed by atoms with Crippen molar-refractivity contribution in [3.05, 3.63) is 41.5 Å². The molecule has 1 aromatic carbocycles. The maximum Gasteiger partial charge on any atom is 0.189 e. The predicted molar refractivity (Wildman–Crippen MR) is 99.0 cm³/mol. The summed E-state index contributed by atoms with van der Waals surface area (Å²) in [6, 6.07) is 13.8. The topological polar surface area (TPSA) is 109 Å². The number of rotatable bonds is 3. The lowest BCUT2D eigenvalue weighted by molar-refractivity contribution is -0.878. The van der Waals surface area contributed by atoms with Crippen molar-refractivity contribution in [2.75, 3.05) is 26.7 Å². The van der Waals surface area contributed by atoms with Gasteiger partial charge < -0.3 is 15.0 Å². The van der Waals surface area contributed by atoms with Crippen LogP contribution in [0.1, 0.15) is 18.4 Å². The Bertz CT molecular complexity index is 882. The molecule has 6 heteroatoms. The zero-order valence-electron chi connectivity index (χ0n) is 15.5. The highest BCUT2D eigenvalue weighted by Gasteiger charge is 2.58. The van der Waals surface area contributed by atoms with Gasteiger partial charge in [0.15, 0.2) is 5.41 Å². The first-order chi connectivity index (χ1) is 13.0. The molecule has 136 valence electrons. The fourth-order valence-corrected chi connectivity index (χ4v) is 4.37. The first-order valence-electron chi connectivity index (χ1n) is 9.07. The Hall–Kier alpha value is -3.14. The highest BCUT2D eigenvalue weighted by Crippen LogP contribution is 2.52. The van der Waals surface area contributed by atoms with Gasteiger partial charge in [0, 0.05) is 11.8 Å². The molecule has 27 heavy (non-hydrogen) atoms. The van der Waals surface area contributed by atoms with E-state index in [4.69, 9.17) is 10.1 Å². The quantitative estimate of drug-likeness (QED) is 0.795. The smallest absolute Gasteiger partial charge is 0.189 e. The summed E-state index contributed by atoms with van der Waals surface area (Å²) in [6.45, 7) is 3.97. The second-order valence-corrected chi connectivity index (χ2v) is 7.16. The third kappa shape index (κ3) is 2.87. The van der Waals surface area contributed by atoms with Crippen LogP contribution < -0.4 is 9.64 Å². The van der Waals surface area contributed by atoms with Crippen molar-refractivity contribution in [1.29, 1.82) is 21.2 Å². The molecule has 4 atom stereocenters. The Morgan fingerprint density at radius 3 is 2.44 bits per heavy atom. The van der Waals surface area contributed by atoms with Crippen LogP contribution in [0.3, 0.4) is 0 Å². The lowest BCUT2D eigenvalue weighted by atomic mass is 9.54. The van der Waals surface area contributed by atoms with Crippen molar-refractivity contribution >= 4 is 5.71 Å². The highest BCUT2D eigenvalue weighted by molar-refractivity contribution is 6.00. The number of hydrogen-bond acceptors (Lipinski definition) is 5. The van der Waals surface area contributed by atoms with Gasteiger partial charge in [-0.2, -0.15) is 15.8 Å². The van der Waals surface area contributed by atoms with Crippen LogP contribution >= 0.6 is 0 Å². The Morgan fingerprint density at radius 2 is 1.89 bits per heavy atom. The van der Waals surface area contributed by atoms with Crippen LogP contribution in [0.25, 0.3) is 0 Å². The largest absolute Gasteiger partial charge is 0.494 e. The lowest BCUT2D eigenvalue weighted by Crippen LogP contribution is -3.10. The fourth-order valence-electron chi connectivity index (χ4n) is 4.37. The first-order valence-corrected chi connectivity index (χ1v) is 9.07. The van der Waals surface area contributed by atoms with Gasteiger partial charge in [0.25, 0.3) is 0 Å². The van der Waals surface area contributed by atoms with E-state index >= 15 is 0 Å². The normalized spacial score (nSPS) is 28.7. The zero-order valence-corrected chi connectivity index (χ0v) is 15.5. The molecule has 1 unspecified atom stereocenters. The second-order valence-electron chi connectivity index (χ2n) is 7.16. The third-order valence-corrected chi connectivity index (χ3v) is 5.63. The number of benzene rings is 1. The van der Waals surface area contributed by atoms with E-state index in [0.717, 1.165) is 30.0 Å². The highest BCUT2D eigenvalue weighted by atomic mass is 16.5. The molecule has 1 aromatic rings. The van der Waals surface area contributed by atoms with Crippen LogP contribution in [0, 0.1) is 56.7 Å². The molecule has 1 saturated carbocycles. The van der Waals surface area contributed by atoms with E-state index in [1.165, 1.54) is 4.90 Å². The van der Waals surface area contributed by atoms with E-state index in [2.05, 4.69) is 25.3 Å². The lowest BCUT2D eigenvalue weighted by Gasteiger charge is -2.46. The molecule has 0 aromatic heterocycles. The molecule has 2 aliphatic rings. The average Bonchev–Trinajstić information content (AvgIpc) is 2.68. The van der Waals surface area contributed by atoms with Gasteiger partial charge in [0.05, 0.1) is 50.7 Å². The van der Waals surface area contributed by atoms with E-state index in [-0.39, 0.29) is 11.6 Å². The second kappa shape index (κ2) is 7.23. The molecule has 2 N–H and O–H groups in total. The van der Waals surface area contributed by atoms with Crippen LogP contribution in [-0.4, -0.2) is 32.5 Å². The summed E-state index contributed by atoms with van der Waals surface area (Å²) in [5.74, 6) is -0.693. The van der Waals surface area contributed by atoms with Crippen LogP contribution in [0.15, 0.2) is 35.9 Å². The number of hydrogen-bond donors (Lipinski definition) is 2. The Morgan fingerprint density at radius 1 is 1.22 bits per heavy atom. The Balaban J connectivity index is 2.18. The molecule has 6 nitrogen and oxygen atoms in total. The minimum Gasteiger partial charge on any atom is -0.494 e. The molecule has 1 fully saturated rings. The maximum atomic E-state index is 9.98. The summed E-state index contributed by atoms with van der Waals surface area (Å²) in [6.07, 6.45) is 2.02. The number of nitrogens with one attached hydrogen (secondary N) is 2. The average molecular weight is 360 g/mol. The maximum absolute atomic E-state index is 9.98. The van der Waals surface area contributed by atoms with E-state index in [0.29, 0.717) is 6.61 Å². The number of likely N-dealkylation sites (N-methyl/N-ethyl adjacent to an activating group) is 1. The summed E-state index contributed by atoms with van der Waals surface area (Å²) in [5, 5.41) is 38.2. The zero-order chi connectivity index (χ0) is 19.6. The molecule has 0 bridgehead atoms. The van der Waals surface area contributed by atoms with E-state index in [1.54, 1.807) is 0 Å². The Labute approximate surface area is 159 Å². The van der Waals surface area contributed by atoms with Gasteiger partial charge in [-0.1, -0.05) is 12.1 Å². The molecule has 0 spiro atoms. The minimum atomic E-state index is -1.65. The molecule has 0 amide bonds. The van der Waals surface area contributed by atoms with Gasteiger partial charge in [0.1, 0.15) is 11.7 Å². The molecule has 1 aliphatic heterocycles. The number of ether oxygens (including phenoxy) is 1. The summed E-state index contributed by atoms with van der Waals surface area (Å²) >= 11 is 0. The number of nitrogens with zero attached hydrogens (tertiary/aromatic N) is 3.